The first-order chi connectivity index (χ1) is 9.38. The van der Waals surface area contributed by atoms with Crippen LogP contribution in [-0.4, -0.2) is 0 Å². The van der Waals surface area contributed by atoms with E-state index in [4.69, 9.17) is 11.6 Å². The van der Waals surface area contributed by atoms with Gasteiger partial charge in [0.05, 0.1) is 0 Å². The van der Waals surface area contributed by atoms with Gasteiger partial charge in [0.2, 0.25) is 0 Å². The molecule has 4 heteroatoms. The molecule has 0 spiro atoms. The van der Waals surface area contributed by atoms with Crippen molar-refractivity contribution in [3.8, 4) is 0 Å². The minimum atomic E-state index is 0.149. The number of halogens is 3. The van der Waals surface area contributed by atoms with Crippen LogP contribution >= 0.6 is 43.5 Å². The average molecular weight is 418 g/mol. The van der Waals surface area contributed by atoms with E-state index in [0.717, 1.165) is 25.2 Å². The van der Waals surface area contributed by atoms with E-state index in [1.54, 1.807) is 0 Å². The lowest BCUT2D eigenvalue weighted by atomic mass is 10.1. The van der Waals surface area contributed by atoms with E-state index in [1.807, 2.05) is 18.2 Å². The molecule has 0 saturated carbocycles. The van der Waals surface area contributed by atoms with Gasteiger partial charge in [-0.25, -0.2) is 0 Å². The fourth-order valence-electron chi connectivity index (χ4n) is 2.21. The van der Waals surface area contributed by atoms with E-state index in [-0.39, 0.29) is 6.04 Å². The molecule has 1 nitrogen and oxygen atoms in total. The molecule has 0 fully saturated rings. The van der Waals surface area contributed by atoms with Crippen LogP contribution in [0.3, 0.4) is 0 Å². The molecular formula is C16H16Br2ClN. The van der Waals surface area contributed by atoms with E-state index in [2.05, 4.69) is 70.1 Å². The van der Waals surface area contributed by atoms with Gasteiger partial charge in [-0.3, -0.25) is 0 Å². The number of hydrogen-bond donors (Lipinski definition) is 1. The Kier molecular flexibility index (Phi) is 5.16. The first-order valence-electron chi connectivity index (χ1n) is 6.36. The second kappa shape index (κ2) is 6.50. The summed E-state index contributed by atoms with van der Waals surface area (Å²) in [4.78, 5) is 0. The third-order valence-electron chi connectivity index (χ3n) is 3.25. The molecule has 20 heavy (non-hydrogen) atoms. The summed E-state index contributed by atoms with van der Waals surface area (Å²) in [6, 6.07) is 10.4. The average Bonchev–Trinajstić information content (AvgIpc) is 2.35. The predicted octanol–water partition coefficient (Wildman–Crippen LogP) is 6.65. The Labute approximate surface area is 142 Å². The highest BCUT2D eigenvalue weighted by molar-refractivity contribution is 9.10. The highest BCUT2D eigenvalue weighted by Gasteiger charge is 2.11. The minimum Gasteiger partial charge on any atom is -0.378 e. The van der Waals surface area contributed by atoms with Crippen LogP contribution in [-0.2, 0) is 0 Å². The zero-order valence-electron chi connectivity index (χ0n) is 11.6. The van der Waals surface area contributed by atoms with Gasteiger partial charge >= 0.3 is 0 Å². The quantitative estimate of drug-likeness (QED) is 0.589. The Morgan fingerprint density at radius 2 is 1.65 bits per heavy atom. The molecule has 0 aliphatic rings. The topological polar surface area (TPSA) is 12.0 Å². The van der Waals surface area contributed by atoms with Crippen LogP contribution in [0.1, 0.15) is 29.7 Å². The van der Waals surface area contributed by atoms with E-state index in [0.29, 0.717) is 0 Å². The van der Waals surface area contributed by atoms with Crippen molar-refractivity contribution in [2.24, 2.45) is 0 Å². The van der Waals surface area contributed by atoms with Crippen LogP contribution in [0.2, 0.25) is 5.02 Å². The summed E-state index contributed by atoms with van der Waals surface area (Å²) in [5.74, 6) is 0. The zero-order chi connectivity index (χ0) is 14.9. The van der Waals surface area contributed by atoms with Gasteiger partial charge in [0.15, 0.2) is 0 Å². The highest BCUT2D eigenvalue weighted by Crippen LogP contribution is 2.31. The van der Waals surface area contributed by atoms with Crippen LogP contribution < -0.4 is 5.32 Å². The van der Waals surface area contributed by atoms with Crippen molar-refractivity contribution < 1.29 is 0 Å². The summed E-state index contributed by atoms with van der Waals surface area (Å²) in [6.07, 6.45) is 0. The van der Waals surface area contributed by atoms with Crippen molar-refractivity contribution in [3.05, 3.63) is 61.0 Å². The lowest BCUT2D eigenvalue weighted by molar-refractivity contribution is 0.883. The minimum absolute atomic E-state index is 0.149. The third kappa shape index (κ3) is 3.57. The van der Waals surface area contributed by atoms with Gasteiger partial charge in [-0.05, 0) is 61.7 Å². The van der Waals surface area contributed by atoms with Crippen molar-refractivity contribution in [1.29, 1.82) is 0 Å². The molecule has 0 amide bonds. The normalized spacial score (nSPS) is 12.3. The number of anilines is 1. The van der Waals surface area contributed by atoms with Gasteiger partial charge < -0.3 is 5.32 Å². The summed E-state index contributed by atoms with van der Waals surface area (Å²) in [6.45, 7) is 6.31. The van der Waals surface area contributed by atoms with Crippen molar-refractivity contribution in [1.82, 2.24) is 0 Å². The zero-order valence-corrected chi connectivity index (χ0v) is 15.5. The van der Waals surface area contributed by atoms with Crippen molar-refractivity contribution in [2.45, 2.75) is 26.8 Å². The van der Waals surface area contributed by atoms with Gasteiger partial charge in [0, 0.05) is 25.7 Å². The van der Waals surface area contributed by atoms with Crippen LogP contribution in [0.15, 0.2) is 39.3 Å². The molecule has 1 N–H and O–H groups in total. The molecule has 2 aromatic rings. The summed E-state index contributed by atoms with van der Waals surface area (Å²) in [5, 5.41) is 4.28. The lowest BCUT2D eigenvalue weighted by Crippen LogP contribution is -2.07. The molecule has 0 aliphatic heterocycles. The van der Waals surface area contributed by atoms with Crippen molar-refractivity contribution >= 4 is 49.1 Å². The monoisotopic (exact) mass is 415 g/mol. The molecule has 0 radical (unpaired) electrons. The molecule has 0 aliphatic carbocycles. The molecule has 0 saturated heterocycles. The molecule has 2 aromatic carbocycles. The Morgan fingerprint density at radius 1 is 1.05 bits per heavy atom. The Bertz CT molecular complexity index is 617. The van der Waals surface area contributed by atoms with E-state index >= 15 is 0 Å². The van der Waals surface area contributed by atoms with Crippen molar-refractivity contribution in [3.63, 3.8) is 0 Å². The second-order valence-electron chi connectivity index (χ2n) is 4.96. The summed E-state index contributed by atoms with van der Waals surface area (Å²) < 4.78 is 2.16. The Balaban J connectivity index is 2.25. The number of hydrogen-bond acceptors (Lipinski definition) is 1. The highest BCUT2D eigenvalue weighted by atomic mass is 79.9. The molecule has 0 bridgehead atoms. The van der Waals surface area contributed by atoms with Gasteiger partial charge in [-0.1, -0.05) is 49.5 Å². The molecule has 1 unspecified atom stereocenters. The number of rotatable bonds is 3. The fraction of sp³-hybridized carbons (Fsp3) is 0.250. The molecule has 0 aromatic heterocycles. The largest absolute Gasteiger partial charge is 0.378 e. The van der Waals surface area contributed by atoms with Crippen LogP contribution in [0.5, 0.6) is 0 Å². The number of nitrogens with one attached hydrogen (secondary N) is 1. The van der Waals surface area contributed by atoms with E-state index in [9.17, 15) is 0 Å². The summed E-state index contributed by atoms with van der Waals surface area (Å²) in [5.41, 5.74) is 4.64. The smallest absolute Gasteiger partial charge is 0.0500 e. The van der Waals surface area contributed by atoms with Crippen LogP contribution in [0.25, 0.3) is 0 Å². The number of benzene rings is 2. The van der Waals surface area contributed by atoms with Crippen LogP contribution in [0.4, 0.5) is 5.69 Å². The maximum atomic E-state index is 6.30. The molecular weight excluding hydrogens is 401 g/mol. The standard InChI is InChI=1S/C16H16Br2ClN/c1-9-6-13(7-10(2)16(9)18)20-11(3)14-5-4-12(17)8-15(14)19/h4-8,11,20H,1-3H3. The predicted molar refractivity (Wildman–Crippen MR) is 94.8 cm³/mol. The summed E-state index contributed by atoms with van der Waals surface area (Å²) >= 11 is 13.3. The Hall–Kier alpha value is -0.510. The maximum Gasteiger partial charge on any atom is 0.0500 e. The first-order valence-corrected chi connectivity index (χ1v) is 8.33. The Morgan fingerprint density at radius 3 is 2.20 bits per heavy atom. The SMILES string of the molecule is Cc1cc(NC(C)c2ccc(Br)cc2Cl)cc(C)c1Br. The maximum absolute atomic E-state index is 6.30. The lowest BCUT2D eigenvalue weighted by Gasteiger charge is -2.18. The first kappa shape index (κ1) is 15.9. The van der Waals surface area contributed by atoms with E-state index < -0.39 is 0 Å². The van der Waals surface area contributed by atoms with Gasteiger partial charge in [0.25, 0.3) is 0 Å². The van der Waals surface area contributed by atoms with E-state index in [1.165, 1.54) is 11.1 Å². The van der Waals surface area contributed by atoms with Gasteiger partial charge in [-0.15, -0.1) is 0 Å². The molecule has 2 rings (SSSR count). The fourth-order valence-corrected chi connectivity index (χ4v) is 3.28. The molecule has 0 heterocycles. The molecule has 106 valence electrons. The van der Waals surface area contributed by atoms with Crippen LogP contribution in [0, 0.1) is 13.8 Å². The summed E-state index contributed by atoms with van der Waals surface area (Å²) in [7, 11) is 0. The molecule has 1 atom stereocenters. The van der Waals surface area contributed by atoms with Gasteiger partial charge in [-0.2, -0.15) is 0 Å². The second-order valence-corrected chi connectivity index (χ2v) is 7.07. The third-order valence-corrected chi connectivity index (χ3v) is 5.32. The number of aryl methyl sites for hydroxylation is 2. The van der Waals surface area contributed by atoms with Gasteiger partial charge in [0.1, 0.15) is 0 Å². The van der Waals surface area contributed by atoms with Crippen molar-refractivity contribution in [2.75, 3.05) is 5.32 Å².